The van der Waals surface area contributed by atoms with Crippen LogP contribution in [0.1, 0.15) is 23.6 Å². The first-order valence-corrected chi connectivity index (χ1v) is 6.50. The second kappa shape index (κ2) is 5.85. The molecule has 3 nitrogen and oxygen atoms in total. The van der Waals surface area contributed by atoms with Crippen LogP contribution >= 0.6 is 0 Å². The highest BCUT2D eigenvalue weighted by Crippen LogP contribution is 2.25. The lowest BCUT2D eigenvalue weighted by atomic mass is 10.1. The van der Waals surface area contributed by atoms with Crippen LogP contribution in [0, 0.1) is 13.8 Å². The Morgan fingerprint density at radius 2 is 1.89 bits per heavy atom. The van der Waals surface area contributed by atoms with Crippen molar-refractivity contribution in [2.75, 3.05) is 0 Å². The zero-order valence-corrected chi connectivity index (χ0v) is 11.7. The fourth-order valence-electron chi connectivity index (χ4n) is 2.12. The first-order valence-electron chi connectivity index (χ1n) is 6.50. The molecule has 2 rings (SSSR count). The van der Waals surface area contributed by atoms with Crippen molar-refractivity contribution in [1.29, 1.82) is 0 Å². The van der Waals surface area contributed by atoms with Gasteiger partial charge in [0, 0.05) is 17.8 Å². The van der Waals surface area contributed by atoms with E-state index in [4.69, 9.17) is 10.5 Å². The van der Waals surface area contributed by atoms with Crippen molar-refractivity contribution in [3.63, 3.8) is 0 Å². The second-order valence-corrected chi connectivity index (χ2v) is 5.07. The predicted octanol–water partition coefficient (Wildman–Crippen LogP) is 3.38. The minimum Gasteiger partial charge on any atom is -0.439 e. The summed E-state index contributed by atoms with van der Waals surface area (Å²) in [5.74, 6) is 1.46. The van der Waals surface area contributed by atoms with E-state index in [1.54, 1.807) is 6.20 Å². The van der Waals surface area contributed by atoms with Crippen LogP contribution in [-0.4, -0.2) is 11.0 Å². The Labute approximate surface area is 114 Å². The van der Waals surface area contributed by atoms with E-state index in [0.717, 1.165) is 17.7 Å². The van der Waals surface area contributed by atoms with E-state index in [-0.39, 0.29) is 6.04 Å². The number of pyridine rings is 1. The minimum atomic E-state index is 0.0887. The maximum absolute atomic E-state index is 5.91. The summed E-state index contributed by atoms with van der Waals surface area (Å²) in [5, 5.41) is 0. The second-order valence-electron chi connectivity index (χ2n) is 5.07. The summed E-state index contributed by atoms with van der Waals surface area (Å²) in [6.45, 7) is 6.09. The van der Waals surface area contributed by atoms with Gasteiger partial charge >= 0.3 is 0 Å². The molecular weight excluding hydrogens is 236 g/mol. The monoisotopic (exact) mass is 256 g/mol. The van der Waals surface area contributed by atoms with E-state index in [1.807, 2.05) is 31.2 Å². The zero-order valence-electron chi connectivity index (χ0n) is 11.7. The fraction of sp³-hybridized carbons (Fsp3) is 0.312. The summed E-state index contributed by atoms with van der Waals surface area (Å²) >= 11 is 0. The summed E-state index contributed by atoms with van der Waals surface area (Å²) in [6, 6.07) is 10.1. The van der Waals surface area contributed by atoms with Crippen molar-refractivity contribution in [1.82, 2.24) is 4.98 Å². The van der Waals surface area contributed by atoms with Gasteiger partial charge in [-0.1, -0.05) is 12.1 Å². The largest absolute Gasteiger partial charge is 0.439 e. The molecule has 0 radical (unpaired) electrons. The highest BCUT2D eigenvalue weighted by atomic mass is 16.5. The molecule has 1 heterocycles. The van der Waals surface area contributed by atoms with E-state index in [2.05, 4.69) is 24.9 Å². The molecule has 0 aliphatic rings. The molecule has 1 aromatic carbocycles. The van der Waals surface area contributed by atoms with Gasteiger partial charge in [-0.3, -0.25) is 0 Å². The van der Waals surface area contributed by atoms with Crippen LogP contribution in [0.15, 0.2) is 36.5 Å². The minimum absolute atomic E-state index is 0.0887. The normalized spacial score (nSPS) is 12.2. The van der Waals surface area contributed by atoms with Crippen molar-refractivity contribution >= 4 is 0 Å². The van der Waals surface area contributed by atoms with E-state index in [9.17, 15) is 0 Å². The van der Waals surface area contributed by atoms with Gasteiger partial charge in [0.05, 0.1) is 0 Å². The molecule has 0 amide bonds. The Morgan fingerprint density at radius 1 is 1.21 bits per heavy atom. The van der Waals surface area contributed by atoms with Gasteiger partial charge in [0.25, 0.3) is 0 Å². The number of benzene rings is 1. The Kier molecular flexibility index (Phi) is 4.17. The molecule has 19 heavy (non-hydrogen) atoms. The van der Waals surface area contributed by atoms with Crippen LogP contribution in [-0.2, 0) is 6.42 Å². The third kappa shape index (κ3) is 3.80. The molecule has 0 saturated heterocycles. The molecule has 0 spiro atoms. The molecule has 0 fully saturated rings. The first kappa shape index (κ1) is 13.6. The number of nitrogens with two attached hydrogens (primary N) is 1. The average molecular weight is 256 g/mol. The molecule has 1 aromatic heterocycles. The predicted molar refractivity (Wildman–Crippen MR) is 77.6 cm³/mol. The van der Waals surface area contributed by atoms with Crippen LogP contribution in [0.2, 0.25) is 0 Å². The summed E-state index contributed by atoms with van der Waals surface area (Å²) < 4.78 is 5.91. The van der Waals surface area contributed by atoms with Gasteiger partial charge in [-0.25, -0.2) is 4.98 Å². The molecular formula is C16H20N2O. The number of hydrogen-bond acceptors (Lipinski definition) is 3. The lowest BCUT2D eigenvalue weighted by Crippen LogP contribution is -2.18. The molecule has 2 aromatic rings. The fourth-order valence-corrected chi connectivity index (χ4v) is 2.12. The number of nitrogens with zero attached hydrogens (tertiary/aromatic N) is 1. The third-order valence-corrected chi connectivity index (χ3v) is 2.80. The van der Waals surface area contributed by atoms with Gasteiger partial charge in [-0.15, -0.1) is 0 Å². The Morgan fingerprint density at radius 3 is 2.53 bits per heavy atom. The van der Waals surface area contributed by atoms with Gasteiger partial charge in [0.15, 0.2) is 0 Å². The Hall–Kier alpha value is -1.87. The average Bonchev–Trinajstić information content (AvgIpc) is 2.29. The molecule has 2 N–H and O–H groups in total. The lowest BCUT2D eigenvalue weighted by Gasteiger charge is -2.12. The quantitative estimate of drug-likeness (QED) is 0.912. The molecule has 0 bridgehead atoms. The third-order valence-electron chi connectivity index (χ3n) is 2.80. The Balaban J connectivity index is 2.27. The van der Waals surface area contributed by atoms with Crippen LogP contribution in [0.4, 0.5) is 0 Å². The van der Waals surface area contributed by atoms with Gasteiger partial charge in [-0.05, 0) is 56.5 Å². The molecule has 0 saturated carbocycles. The maximum Gasteiger partial charge on any atom is 0.222 e. The SMILES string of the molecule is Cc1cc(C)cc(Oc2ncccc2CC(C)N)c1. The van der Waals surface area contributed by atoms with Crippen molar-refractivity contribution in [2.24, 2.45) is 5.73 Å². The van der Waals surface area contributed by atoms with E-state index in [1.165, 1.54) is 11.1 Å². The summed E-state index contributed by atoms with van der Waals surface area (Å²) in [4.78, 5) is 4.31. The molecule has 100 valence electrons. The molecule has 1 unspecified atom stereocenters. The number of rotatable bonds is 4. The van der Waals surface area contributed by atoms with Crippen LogP contribution in [0.5, 0.6) is 11.6 Å². The summed E-state index contributed by atoms with van der Waals surface area (Å²) in [6.07, 6.45) is 2.50. The highest BCUT2D eigenvalue weighted by Gasteiger charge is 2.08. The topological polar surface area (TPSA) is 48.1 Å². The van der Waals surface area contributed by atoms with Crippen molar-refractivity contribution in [3.05, 3.63) is 53.2 Å². The zero-order chi connectivity index (χ0) is 13.8. The van der Waals surface area contributed by atoms with Gasteiger partial charge in [-0.2, -0.15) is 0 Å². The number of aryl methyl sites for hydroxylation is 2. The van der Waals surface area contributed by atoms with Crippen molar-refractivity contribution in [3.8, 4) is 11.6 Å². The highest BCUT2D eigenvalue weighted by molar-refractivity contribution is 5.37. The summed E-state index contributed by atoms with van der Waals surface area (Å²) in [5.41, 5.74) is 9.25. The van der Waals surface area contributed by atoms with Crippen molar-refractivity contribution < 1.29 is 4.74 Å². The van der Waals surface area contributed by atoms with Gasteiger partial charge < -0.3 is 10.5 Å². The number of aromatic nitrogens is 1. The van der Waals surface area contributed by atoms with E-state index >= 15 is 0 Å². The summed E-state index contributed by atoms with van der Waals surface area (Å²) in [7, 11) is 0. The maximum atomic E-state index is 5.91. The van der Waals surface area contributed by atoms with Crippen LogP contribution in [0.25, 0.3) is 0 Å². The standard InChI is InChI=1S/C16H20N2O/c1-11-7-12(2)9-15(8-11)19-16-14(10-13(3)17)5-4-6-18-16/h4-9,13H,10,17H2,1-3H3. The molecule has 3 heteroatoms. The van der Waals surface area contributed by atoms with E-state index in [0.29, 0.717) is 5.88 Å². The lowest BCUT2D eigenvalue weighted by molar-refractivity contribution is 0.453. The number of hydrogen-bond donors (Lipinski definition) is 1. The van der Waals surface area contributed by atoms with Crippen molar-refractivity contribution in [2.45, 2.75) is 33.2 Å². The number of ether oxygens (including phenoxy) is 1. The van der Waals surface area contributed by atoms with Gasteiger partial charge in [0.1, 0.15) is 5.75 Å². The molecule has 1 atom stereocenters. The van der Waals surface area contributed by atoms with E-state index < -0.39 is 0 Å². The molecule has 0 aliphatic carbocycles. The van der Waals surface area contributed by atoms with Gasteiger partial charge in [0.2, 0.25) is 5.88 Å². The smallest absolute Gasteiger partial charge is 0.222 e. The molecule has 0 aliphatic heterocycles. The van der Waals surface area contributed by atoms with Crippen LogP contribution < -0.4 is 10.5 Å². The Bertz CT molecular complexity index is 544. The first-order chi connectivity index (χ1) is 9.04. The van der Waals surface area contributed by atoms with Crippen LogP contribution in [0.3, 0.4) is 0 Å².